The van der Waals surface area contributed by atoms with Crippen molar-refractivity contribution < 1.29 is 80.2 Å². The van der Waals surface area contributed by atoms with Crippen LogP contribution in [0.25, 0.3) is 0 Å². The number of ether oxygens (including phenoxy) is 4. The molecule has 0 saturated heterocycles. The molecule has 0 amide bonds. The molecule has 0 aliphatic heterocycles. The molecule has 0 aromatic heterocycles. The first-order chi connectivity index (χ1) is 49.9. The summed E-state index contributed by atoms with van der Waals surface area (Å²) in [6, 6.07) is 0. The second-order valence-corrected chi connectivity index (χ2v) is 34.1. The van der Waals surface area contributed by atoms with E-state index in [1.54, 1.807) is 0 Å². The molecule has 612 valence electrons. The van der Waals surface area contributed by atoms with E-state index < -0.39 is 97.5 Å². The van der Waals surface area contributed by atoms with Gasteiger partial charge in [-0.3, -0.25) is 37.3 Å². The second-order valence-electron chi connectivity index (χ2n) is 31.2. The van der Waals surface area contributed by atoms with E-state index in [1.807, 2.05) is 0 Å². The third-order valence-corrected chi connectivity index (χ3v) is 21.6. The van der Waals surface area contributed by atoms with Crippen LogP contribution in [-0.2, 0) is 65.4 Å². The maximum Gasteiger partial charge on any atom is 0.472 e. The van der Waals surface area contributed by atoms with E-state index in [-0.39, 0.29) is 25.7 Å². The molecule has 103 heavy (non-hydrogen) atoms. The Balaban J connectivity index is 5.22. The predicted octanol–water partition coefficient (Wildman–Crippen LogP) is 25.5. The number of rotatable bonds is 83. The molecule has 0 bridgehead atoms. The van der Waals surface area contributed by atoms with E-state index in [1.165, 1.54) is 257 Å². The molecule has 0 aliphatic carbocycles. The van der Waals surface area contributed by atoms with Crippen molar-refractivity contribution in [2.75, 3.05) is 39.6 Å². The quantitative estimate of drug-likeness (QED) is 0.0222. The Morgan fingerprint density at radius 3 is 0.660 bits per heavy atom. The van der Waals surface area contributed by atoms with Crippen LogP contribution in [0.4, 0.5) is 0 Å². The van der Waals surface area contributed by atoms with Gasteiger partial charge in [0.1, 0.15) is 19.3 Å². The van der Waals surface area contributed by atoms with Crippen molar-refractivity contribution in [2.45, 2.75) is 464 Å². The number of esters is 4. The standard InChI is InChI=1S/C84H164O17P2/c1-7-9-11-13-15-17-19-21-23-24-28-31-35-38-42-48-54-60-66-81(86)94-72-79(100-83(88)69-63-57-50-44-40-36-32-29-26-25-27-30-33-37-41-46-52-58-64-76(3)4)74-98-102(90,91)96-70-78(85)71-97-103(92,93)99-75-80(73-95-82(87)67-61-55-51-45-47-53-59-65-77(5)6)101-84(89)68-62-56-49-43-39-34-22-20-18-16-14-12-10-8-2/h76-80,85H,7-75H2,1-6H3,(H,90,91)(H,92,93)/t78-,79-,80-/m1/s1. The van der Waals surface area contributed by atoms with Crippen LogP contribution < -0.4 is 0 Å². The largest absolute Gasteiger partial charge is 0.472 e. The van der Waals surface area contributed by atoms with E-state index in [2.05, 4.69) is 41.5 Å². The van der Waals surface area contributed by atoms with Gasteiger partial charge in [0.05, 0.1) is 26.4 Å². The Kier molecular flexibility index (Phi) is 74.1. The highest BCUT2D eigenvalue weighted by Crippen LogP contribution is 2.45. The Morgan fingerprint density at radius 2 is 0.447 bits per heavy atom. The summed E-state index contributed by atoms with van der Waals surface area (Å²) < 4.78 is 68.8. The Morgan fingerprint density at radius 1 is 0.262 bits per heavy atom. The number of hydrogen-bond donors (Lipinski definition) is 3. The van der Waals surface area contributed by atoms with E-state index in [0.29, 0.717) is 31.6 Å². The average molecular weight is 1510 g/mol. The first kappa shape index (κ1) is 101. The molecule has 0 fully saturated rings. The number of aliphatic hydroxyl groups excluding tert-OH is 1. The Bertz CT molecular complexity index is 1980. The molecule has 0 aromatic carbocycles. The summed E-state index contributed by atoms with van der Waals surface area (Å²) in [6.45, 7) is 9.64. The van der Waals surface area contributed by atoms with Gasteiger partial charge in [-0.15, -0.1) is 0 Å². The summed E-state index contributed by atoms with van der Waals surface area (Å²) in [5.74, 6) is -0.579. The van der Waals surface area contributed by atoms with E-state index in [9.17, 15) is 43.2 Å². The highest BCUT2D eigenvalue weighted by molar-refractivity contribution is 7.47. The van der Waals surface area contributed by atoms with Crippen LogP contribution in [0.2, 0.25) is 0 Å². The summed E-state index contributed by atoms with van der Waals surface area (Å²) in [5, 5.41) is 10.7. The van der Waals surface area contributed by atoms with Crippen LogP contribution in [0.5, 0.6) is 0 Å². The number of phosphoric acid groups is 2. The fourth-order valence-corrected chi connectivity index (χ4v) is 14.6. The van der Waals surface area contributed by atoms with Gasteiger partial charge >= 0.3 is 39.5 Å². The van der Waals surface area contributed by atoms with Gasteiger partial charge in [0.2, 0.25) is 0 Å². The third kappa shape index (κ3) is 78.0. The third-order valence-electron chi connectivity index (χ3n) is 19.7. The summed E-state index contributed by atoms with van der Waals surface area (Å²) in [5.41, 5.74) is 0. The van der Waals surface area contributed by atoms with Gasteiger partial charge in [0.25, 0.3) is 0 Å². The summed E-state index contributed by atoms with van der Waals surface area (Å²) in [6.07, 6.45) is 66.7. The zero-order valence-corrected chi connectivity index (χ0v) is 69.4. The van der Waals surface area contributed by atoms with Crippen LogP contribution in [0, 0.1) is 11.8 Å². The van der Waals surface area contributed by atoms with Gasteiger partial charge in [0.15, 0.2) is 12.2 Å². The number of unbranched alkanes of at least 4 members (excludes halogenated alkanes) is 53. The molecule has 0 radical (unpaired) electrons. The number of aliphatic hydroxyl groups is 1. The average Bonchev–Trinajstić information content (AvgIpc) is 0.920. The van der Waals surface area contributed by atoms with Crippen molar-refractivity contribution in [1.29, 1.82) is 0 Å². The van der Waals surface area contributed by atoms with Gasteiger partial charge in [0, 0.05) is 25.7 Å². The fraction of sp³-hybridized carbons (Fsp3) is 0.952. The van der Waals surface area contributed by atoms with Crippen molar-refractivity contribution >= 4 is 39.5 Å². The second kappa shape index (κ2) is 75.5. The fourth-order valence-electron chi connectivity index (χ4n) is 13.1. The highest BCUT2D eigenvalue weighted by atomic mass is 31.2. The van der Waals surface area contributed by atoms with Crippen LogP contribution in [0.15, 0.2) is 0 Å². The zero-order valence-electron chi connectivity index (χ0n) is 67.6. The molecule has 0 saturated carbocycles. The first-order valence-corrected chi connectivity index (χ1v) is 46.5. The number of carbonyl (C=O) groups excluding carboxylic acids is 4. The van der Waals surface area contributed by atoms with E-state index in [0.717, 1.165) is 102 Å². The highest BCUT2D eigenvalue weighted by Gasteiger charge is 2.30. The van der Waals surface area contributed by atoms with Gasteiger partial charge in [-0.25, -0.2) is 9.13 Å². The number of phosphoric ester groups is 2. The minimum absolute atomic E-state index is 0.107. The first-order valence-electron chi connectivity index (χ1n) is 43.5. The molecule has 0 heterocycles. The lowest BCUT2D eigenvalue weighted by Gasteiger charge is -2.21. The zero-order chi connectivity index (χ0) is 75.6. The summed E-state index contributed by atoms with van der Waals surface area (Å²) in [7, 11) is -9.92. The van der Waals surface area contributed by atoms with Crippen LogP contribution >= 0.6 is 15.6 Å². The van der Waals surface area contributed by atoms with Gasteiger partial charge in [-0.1, -0.05) is 395 Å². The molecule has 0 aromatic rings. The van der Waals surface area contributed by atoms with Crippen molar-refractivity contribution in [3.05, 3.63) is 0 Å². The molecule has 17 nitrogen and oxygen atoms in total. The van der Waals surface area contributed by atoms with E-state index in [4.69, 9.17) is 37.0 Å². The van der Waals surface area contributed by atoms with Crippen molar-refractivity contribution in [2.24, 2.45) is 11.8 Å². The van der Waals surface area contributed by atoms with Crippen LogP contribution in [0.3, 0.4) is 0 Å². The summed E-state index contributed by atoms with van der Waals surface area (Å²) in [4.78, 5) is 73.1. The molecule has 0 aliphatic rings. The molecular formula is C84H164O17P2. The monoisotopic (exact) mass is 1510 g/mol. The molecule has 0 rings (SSSR count). The molecular weight excluding hydrogens is 1340 g/mol. The Labute approximate surface area is 632 Å². The molecule has 0 spiro atoms. The molecule has 2 unspecified atom stereocenters. The maximum atomic E-state index is 13.1. The molecule has 19 heteroatoms. The smallest absolute Gasteiger partial charge is 0.462 e. The minimum atomic E-state index is -4.96. The topological polar surface area (TPSA) is 237 Å². The maximum absolute atomic E-state index is 13.1. The van der Waals surface area contributed by atoms with Gasteiger partial charge in [-0.05, 0) is 37.5 Å². The van der Waals surface area contributed by atoms with Crippen LogP contribution in [-0.4, -0.2) is 96.7 Å². The van der Waals surface area contributed by atoms with Crippen molar-refractivity contribution in [3.8, 4) is 0 Å². The SMILES string of the molecule is CCCCCCCCCCCCCCCCCCCCC(=O)OC[C@H](COP(=O)(O)OC[C@@H](O)COP(=O)(O)OC[C@@H](COC(=O)CCCCCCCCCC(C)C)OC(=O)CCCCCCCCCCCCCCCC)OC(=O)CCCCCCCCCCCCCCCCCCCCC(C)C. The summed E-state index contributed by atoms with van der Waals surface area (Å²) >= 11 is 0. The van der Waals surface area contributed by atoms with Gasteiger partial charge in [-0.2, -0.15) is 0 Å². The lowest BCUT2D eigenvalue weighted by atomic mass is 10.0. The normalized spacial score (nSPS) is 13.9. The van der Waals surface area contributed by atoms with Crippen molar-refractivity contribution in [1.82, 2.24) is 0 Å². The lowest BCUT2D eigenvalue weighted by Crippen LogP contribution is -2.30. The number of carbonyl (C=O) groups is 4. The predicted molar refractivity (Wildman–Crippen MR) is 423 cm³/mol. The molecule has 3 N–H and O–H groups in total. The lowest BCUT2D eigenvalue weighted by molar-refractivity contribution is -0.161. The van der Waals surface area contributed by atoms with Crippen molar-refractivity contribution in [3.63, 3.8) is 0 Å². The van der Waals surface area contributed by atoms with Crippen LogP contribution in [0.1, 0.15) is 446 Å². The Hall–Kier alpha value is -1.94. The minimum Gasteiger partial charge on any atom is -0.462 e. The molecule has 5 atom stereocenters. The van der Waals surface area contributed by atoms with E-state index >= 15 is 0 Å². The number of hydrogen-bond acceptors (Lipinski definition) is 15. The van der Waals surface area contributed by atoms with Gasteiger partial charge < -0.3 is 33.8 Å².